The monoisotopic (exact) mass is 642 g/mol. The fraction of sp³-hybridized carbons (Fsp3) is 0.257. The van der Waals surface area contributed by atoms with Crippen LogP contribution in [0, 0.1) is 17.0 Å². The minimum atomic E-state index is -4.31. The number of nitro benzene ring substituents is 1. The SMILES string of the molecule is CC[C@@H](C)NC(=O)[C@@H](Cc1ccccc1)N(Cc1ccccc1C)C(=O)CN(c1ccc([N+](=O)[O-])cc1)S(=O)(=O)c1ccccc1. The predicted molar refractivity (Wildman–Crippen MR) is 178 cm³/mol. The van der Waals surface area contributed by atoms with Crippen LogP contribution in [0.1, 0.15) is 37.0 Å². The molecular formula is C35H38N4O6S. The average molecular weight is 643 g/mol. The van der Waals surface area contributed by atoms with Crippen LogP contribution in [-0.2, 0) is 32.6 Å². The maximum absolute atomic E-state index is 14.5. The van der Waals surface area contributed by atoms with Crippen molar-refractivity contribution < 1.29 is 22.9 Å². The highest BCUT2D eigenvalue weighted by Crippen LogP contribution is 2.27. The number of hydrogen-bond donors (Lipinski definition) is 1. The molecule has 4 aromatic carbocycles. The molecule has 0 aromatic heterocycles. The molecule has 0 aliphatic rings. The van der Waals surface area contributed by atoms with Gasteiger partial charge in [0.2, 0.25) is 11.8 Å². The number of carbonyl (C=O) groups excluding carboxylic acids is 2. The molecule has 0 radical (unpaired) electrons. The number of anilines is 1. The van der Waals surface area contributed by atoms with Crippen molar-refractivity contribution in [3.63, 3.8) is 0 Å². The Bertz CT molecular complexity index is 1750. The summed E-state index contributed by atoms with van der Waals surface area (Å²) in [6.45, 7) is 5.14. The van der Waals surface area contributed by atoms with E-state index in [2.05, 4.69) is 5.32 Å². The van der Waals surface area contributed by atoms with Gasteiger partial charge in [-0.3, -0.25) is 24.0 Å². The van der Waals surface area contributed by atoms with Crippen molar-refractivity contribution in [2.45, 2.75) is 57.1 Å². The highest BCUT2D eigenvalue weighted by molar-refractivity contribution is 7.92. The van der Waals surface area contributed by atoms with Gasteiger partial charge in [-0.05, 0) is 61.2 Å². The summed E-state index contributed by atoms with van der Waals surface area (Å²) >= 11 is 0. The Hall–Kier alpha value is -5.03. The normalized spacial score (nSPS) is 12.5. The maximum atomic E-state index is 14.5. The second-order valence-corrected chi connectivity index (χ2v) is 12.9. The Balaban J connectivity index is 1.82. The van der Waals surface area contributed by atoms with E-state index in [1.807, 2.05) is 75.4 Å². The fourth-order valence-corrected chi connectivity index (χ4v) is 6.39. The summed E-state index contributed by atoms with van der Waals surface area (Å²) < 4.78 is 29.0. The van der Waals surface area contributed by atoms with Crippen LogP contribution in [-0.4, -0.2) is 48.7 Å². The highest BCUT2D eigenvalue weighted by Gasteiger charge is 2.35. The molecule has 2 atom stereocenters. The molecule has 0 fully saturated rings. The van der Waals surface area contributed by atoms with E-state index in [0.717, 1.165) is 21.0 Å². The molecule has 0 spiro atoms. The Morgan fingerprint density at radius 2 is 1.46 bits per heavy atom. The molecule has 10 nitrogen and oxygen atoms in total. The van der Waals surface area contributed by atoms with Crippen LogP contribution >= 0.6 is 0 Å². The van der Waals surface area contributed by atoms with E-state index in [9.17, 15) is 28.1 Å². The molecule has 4 aromatic rings. The molecule has 0 saturated heterocycles. The lowest BCUT2D eigenvalue weighted by molar-refractivity contribution is -0.384. The molecule has 0 saturated carbocycles. The van der Waals surface area contributed by atoms with E-state index < -0.39 is 33.4 Å². The third-order valence-electron chi connectivity index (χ3n) is 7.83. The van der Waals surface area contributed by atoms with Gasteiger partial charge in [0.1, 0.15) is 12.6 Å². The van der Waals surface area contributed by atoms with Gasteiger partial charge in [0.15, 0.2) is 0 Å². The number of nitrogens with zero attached hydrogens (tertiary/aromatic N) is 3. The summed E-state index contributed by atoms with van der Waals surface area (Å²) in [5.74, 6) is -0.964. The zero-order valence-electron chi connectivity index (χ0n) is 26.1. The number of hydrogen-bond acceptors (Lipinski definition) is 6. The first kappa shape index (κ1) is 33.9. The van der Waals surface area contributed by atoms with Crippen LogP contribution in [0.15, 0.2) is 114 Å². The number of rotatable bonds is 14. The predicted octanol–water partition coefficient (Wildman–Crippen LogP) is 5.65. The van der Waals surface area contributed by atoms with Gasteiger partial charge in [-0.1, -0.05) is 79.7 Å². The lowest BCUT2D eigenvalue weighted by Crippen LogP contribution is -2.54. The standard InChI is InChI=1S/C35H38N4O6S/c1-4-27(3)36-35(41)33(23-28-14-7-5-8-15-28)37(24-29-16-12-11-13-26(29)2)34(40)25-38(30-19-21-31(22-20-30)39(42)43)46(44,45)32-17-9-6-10-18-32/h5-22,27,33H,4,23-25H2,1-3H3,(H,36,41)/t27-,33-/m1/s1. The third kappa shape index (κ3) is 8.36. The van der Waals surface area contributed by atoms with Gasteiger partial charge < -0.3 is 10.2 Å². The number of sulfonamides is 1. The maximum Gasteiger partial charge on any atom is 0.269 e. The van der Waals surface area contributed by atoms with Crippen molar-refractivity contribution >= 4 is 33.2 Å². The van der Waals surface area contributed by atoms with E-state index in [1.165, 1.54) is 41.3 Å². The second-order valence-electron chi connectivity index (χ2n) is 11.1. The largest absolute Gasteiger partial charge is 0.352 e. The molecule has 2 amide bonds. The van der Waals surface area contributed by atoms with Crippen LogP contribution < -0.4 is 9.62 Å². The quantitative estimate of drug-likeness (QED) is 0.140. The number of aryl methyl sites for hydroxylation is 1. The first-order chi connectivity index (χ1) is 22.0. The number of carbonyl (C=O) groups is 2. The molecule has 240 valence electrons. The van der Waals surface area contributed by atoms with Gasteiger partial charge in [0, 0.05) is 31.1 Å². The molecule has 11 heteroatoms. The van der Waals surface area contributed by atoms with Crippen LogP contribution in [0.3, 0.4) is 0 Å². The van der Waals surface area contributed by atoms with Crippen molar-refractivity contribution in [3.05, 3.63) is 136 Å². The second kappa shape index (κ2) is 15.3. The van der Waals surface area contributed by atoms with Crippen molar-refractivity contribution in [1.82, 2.24) is 10.2 Å². The summed E-state index contributed by atoms with van der Waals surface area (Å²) in [7, 11) is -4.31. The summed E-state index contributed by atoms with van der Waals surface area (Å²) in [4.78, 5) is 40.6. The van der Waals surface area contributed by atoms with E-state index in [1.54, 1.807) is 18.2 Å². The molecule has 46 heavy (non-hydrogen) atoms. The number of benzene rings is 4. The number of nitrogens with one attached hydrogen (secondary N) is 1. The van der Waals surface area contributed by atoms with Crippen molar-refractivity contribution in [3.8, 4) is 0 Å². The number of non-ortho nitro benzene ring substituents is 1. The Labute approximate surface area is 269 Å². The lowest BCUT2D eigenvalue weighted by atomic mass is 10.0. The molecular weight excluding hydrogens is 604 g/mol. The van der Waals surface area contributed by atoms with E-state index in [4.69, 9.17) is 0 Å². The van der Waals surface area contributed by atoms with Gasteiger partial charge in [-0.15, -0.1) is 0 Å². The van der Waals surface area contributed by atoms with E-state index in [-0.39, 0.29) is 41.2 Å². The molecule has 1 N–H and O–H groups in total. The molecule has 0 aliphatic carbocycles. The fourth-order valence-electron chi connectivity index (χ4n) is 4.96. The van der Waals surface area contributed by atoms with Gasteiger partial charge in [0.25, 0.3) is 15.7 Å². The Kier molecular flexibility index (Phi) is 11.3. The summed E-state index contributed by atoms with van der Waals surface area (Å²) in [6, 6.07) is 28.4. The van der Waals surface area contributed by atoms with Crippen molar-refractivity contribution in [1.29, 1.82) is 0 Å². The first-order valence-corrected chi connectivity index (χ1v) is 16.5. The zero-order valence-corrected chi connectivity index (χ0v) is 26.9. The summed E-state index contributed by atoms with van der Waals surface area (Å²) in [6.07, 6.45) is 0.877. The summed E-state index contributed by atoms with van der Waals surface area (Å²) in [5, 5.41) is 14.3. The molecule has 0 unspecified atom stereocenters. The Morgan fingerprint density at radius 3 is 2.04 bits per heavy atom. The summed E-state index contributed by atoms with van der Waals surface area (Å²) in [5.41, 5.74) is 2.39. The minimum absolute atomic E-state index is 0.0520. The highest BCUT2D eigenvalue weighted by atomic mass is 32.2. The van der Waals surface area contributed by atoms with Crippen LogP contribution in [0.5, 0.6) is 0 Å². The van der Waals surface area contributed by atoms with E-state index >= 15 is 0 Å². The number of amides is 2. The van der Waals surface area contributed by atoms with Crippen LogP contribution in [0.25, 0.3) is 0 Å². The van der Waals surface area contributed by atoms with Crippen LogP contribution in [0.2, 0.25) is 0 Å². The zero-order chi connectivity index (χ0) is 33.3. The van der Waals surface area contributed by atoms with Crippen molar-refractivity contribution in [2.24, 2.45) is 0 Å². The van der Waals surface area contributed by atoms with Gasteiger partial charge in [0.05, 0.1) is 15.5 Å². The lowest BCUT2D eigenvalue weighted by Gasteiger charge is -2.34. The molecule has 0 aliphatic heterocycles. The Morgan fingerprint density at radius 1 is 0.870 bits per heavy atom. The van der Waals surface area contributed by atoms with E-state index in [0.29, 0.717) is 6.42 Å². The molecule has 0 heterocycles. The minimum Gasteiger partial charge on any atom is -0.352 e. The van der Waals surface area contributed by atoms with Gasteiger partial charge in [-0.25, -0.2) is 8.42 Å². The molecule has 0 bridgehead atoms. The third-order valence-corrected chi connectivity index (χ3v) is 9.62. The smallest absolute Gasteiger partial charge is 0.269 e. The first-order valence-electron chi connectivity index (χ1n) is 15.0. The van der Waals surface area contributed by atoms with Gasteiger partial charge >= 0.3 is 0 Å². The number of nitro groups is 1. The molecule has 4 rings (SSSR count). The van der Waals surface area contributed by atoms with Gasteiger partial charge in [-0.2, -0.15) is 0 Å². The topological polar surface area (TPSA) is 130 Å². The average Bonchev–Trinajstić information content (AvgIpc) is 3.06. The van der Waals surface area contributed by atoms with Crippen molar-refractivity contribution in [2.75, 3.05) is 10.8 Å². The van der Waals surface area contributed by atoms with Crippen LogP contribution in [0.4, 0.5) is 11.4 Å².